The van der Waals surface area contributed by atoms with Gasteiger partial charge in [0.1, 0.15) is 11.3 Å². The molecule has 150 valence electrons. The summed E-state index contributed by atoms with van der Waals surface area (Å²) < 4.78 is 17.5. The number of methoxy groups -OCH3 is 1. The molecule has 2 aromatic carbocycles. The van der Waals surface area contributed by atoms with Crippen molar-refractivity contribution in [2.24, 2.45) is 0 Å². The van der Waals surface area contributed by atoms with E-state index in [0.717, 1.165) is 10.0 Å². The van der Waals surface area contributed by atoms with Crippen molar-refractivity contribution in [3.8, 4) is 5.75 Å². The standard InChI is InChI=1S/C22H20BrNO5/c1-3-28-15-6-4-5-13(11-15)19-18-20(25)16-12-14(23)7-8-17(16)29-21(18)22(26)24(19)9-10-27-2/h4-8,11-12,19H,3,9-10H2,1-2H3. The first-order valence-corrected chi connectivity index (χ1v) is 10.1. The maximum absolute atomic E-state index is 13.4. The van der Waals surface area contributed by atoms with Crippen LogP contribution >= 0.6 is 15.9 Å². The van der Waals surface area contributed by atoms with Crippen molar-refractivity contribution in [1.29, 1.82) is 0 Å². The van der Waals surface area contributed by atoms with Crippen molar-refractivity contribution >= 4 is 32.8 Å². The van der Waals surface area contributed by atoms with Crippen LogP contribution < -0.4 is 10.2 Å². The molecule has 0 spiro atoms. The average molecular weight is 458 g/mol. The molecule has 3 aromatic rings. The number of amides is 1. The summed E-state index contributed by atoms with van der Waals surface area (Å²) in [5, 5.41) is 0.436. The quantitative estimate of drug-likeness (QED) is 0.556. The summed E-state index contributed by atoms with van der Waals surface area (Å²) in [6.07, 6.45) is 0. The van der Waals surface area contributed by atoms with E-state index >= 15 is 0 Å². The summed E-state index contributed by atoms with van der Waals surface area (Å²) in [7, 11) is 1.58. The molecule has 1 unspecified atom stereocenters. The predicted octanol–water partition coefficient (Wildman–Crippen LogP) is 4.15. The van der Waals surface area contributed by atoms with Gasteiger partial charge in [-0.1, -0.05) is 28.1 Å². The van der Waals surface area contributed by atoms with Crippen molar-refractivity contribution in [3.05, 3.63) is 74.0 Å². The van der Waals surface area contributed by atoms with Crippen molar-refractivity contribution in [2.45, 2.75) is 13.0 Å². The zero-order valence-electron chi connectivity index (χ0n) is 16.1. The van der Waals surface area contributed by atoms with Crippen molar-refractivity contribution < 1.29 is 18.7 Å². The van der Waals surface area contributed by atoms with Crippen LogP contribution in [0.2, 0.25) is 0 Å². The first-order chi connectivity index (χ1) is 14.0. The Balaban J connectivity index is 1.94. The lowest BCUT2D eigenvalue weighted by Crippen LogP contribution is -2.32. The molecule has 0 fully saturated rings. The van der Waals surface area contributed by atoms with Crippen molar-refractivity contribution in [3.63, 3.8) is 0 Å². The van der Waals surface area contributed by atoms with E-state index < -0.39 is 6.04 Å². The molecule has 1 amide bonds. The van der Waals surface area contributed by atoms with Crippen molar-refractivity contribution in [2.75, 3.05) is 26.9 Å². The molecule has 0 aliphatic carbocycles. The zero-order valence-corrected chi connectivity index (χ0v) is 17.7. The maximum Gasteiger partial charge on any atom is 0.290 e. The molecule has 2 heterocycles. The SMILES string of the molecule is CCOc1cccc(C2c3c(oc4ccc(Br)cc4c3=O)C(=O)N2CCOC)c1. The monoisotopic (exact) mass is 457 g/mol. The van der Waals surface area contributed by atoms with Gasteiger partial charge in [0.05, 0.1) is 30.2 Å². The molecule has 1 atom stereocenters. The molecule has 1 aliphatic heterocycles. The van der Waals surface area contributed by atoms with Gasteiger partial charge in [-0.3, -0.25) is 9.59 Å². The number of benzene rings is 2. The summed E-state index contributed by atoms with van der Waals surface area (Å²) in [6, 6.07) is 12.1. The van der Waals surface area contributed by atoms with Crippen LogP contribution in [0.25, 0.3) is 11.0 Å². The minimum Gasteiger partial charge on any atom is -0.494 e. The number of rotatable bonds is 6. The van der Waals surface area contributed by atoms with Gasteiger partial charge < -0.3 is 18.8 Å². The van der Waals surface area contributed by atoms with Gasteiger partial charge in [-0.15, -0.1) is 0 Å². The highest BCUT2D eigenvalue weighted by Gasteiger charge is 2.42. The fraction of sp³-hybridized carbons (Fsp3) is 0.273. The van der Waals surface area contributed by atoms with E-state index in [2.05, 4.69) is 15.9 Å². The lowest BCUT2D eigenvalue weighted by Gasteiger charge is -2.25. The number of halogens is 1. The van der Waals surface area contributed by atoms with E-state index in [0.29, 0.717) is 42.0 Å². The molecule has 1 aliphatic rings. The molecule has 1 aromatic heterocycles. The highest BCUT2D eigenvalue weighted by atomic mass is 79.9. The maximum atomic E-state index is 13.4. The first kappa shape index (κ1) is 19.7. The second-order valence-corrected chi connectivity index (χ2v) is 7.63. The Morgan fingerprint density at radius 1 is 1.17 bits per heavy atom. The fourth-order valence-electron chi connectivity index (χ4n) is 3.70. The van der Waals surface area contributed by atoms with Crippen LogP contribution in [-0.2, 0) is 4.74 Å². The van der Waals surface area contributed by atoms with Gasteiger partial charge in [-0.2, -0.15) is 0 Å². The Hall–Kier alpha value is -2.64. The van der Waals surface area contributed by atoms with Crippen LogP contribution in [0, 0.1) is 0 Å². The number of carbonyl (C=O) groups is 1. The Morgan fingerprint density at radius 2 is 2.00 bits per heavy atom. The molecule has 7 heteroatoms. The van der Waals surface area contributed by atoms with Gasteiger partial charge in [0.2, 0.25) is 5.76 Å². The van der Waals surface area contributed by atoms with Crippen LogP contribution in [0.1, 0.15) is 34.6 Å². The minimum absolute atomic E-state index is 0.0905. The highest BCUT2D eigenvalue weighted by molar-refractivity contribution is 9.10. The summed E-state index contributed by atoms with van der Waals surface area (Å²) >= 11 is 3.40. The fourth-order valence-corrected chi connectivity index (χ4v) is 4.06. The predicted molar refractivity (Wildman–Crippen MR) is 113 cm³/mol. The number of ether oxygens (including phenoxy) is 2. The lowest BCUT2D eigenvalue weighted by molar-refractivity contribution is 0.0663. The first-order valence-electron chi connectivity index (χ1n) is 9.34. The largest absolute Gasteiger partial charge is 0.494 e. The number of hydrogen-bond acceptors (Lipinski definition) is 5. The van der Waals surface area contributed by atoms with Crippen molar-refractivity contribution in [1.82, 2.24) is 4.90 Å². The lowest BCUT2D eigenvalue weighted by atomic mass is 9.98. The zero-order chi connectivity index (χ0) is 20.5. The number of nitrogens with zero attached hydrogens (tertiary/aromatic N) is 1. The van der Waals surface area contributed by atoms with Gasteiger partial charge >= 0.3 is 0 Å². The molecule has 0 saturated heterocycles. The van der Waals surface area contributed by atoms with E-state index in [1.54, 1.807) is 30.2 Å². The van der Waals surface area contributed by atoms with Gasteiger partial charge in [-0.25, -0.2) is 0 Å². The van der Waals surface area contributed by atoms with Crippen LogP contribution in [0.4, 0.5) is 0 Å². The third-order valence-corrected chi connectivity index (χ3v) is 5.44. The molecule has 29 heavy (non-hydrogen) atoms. The van der Waals surface area contributed by atoms with Crippen LogP contribution in [0.5, 0.6) is 5.75 Å². The number of fused-ring (bicyclic) bond motifs is 2. The van der Waals surface area contributed by atoms with Gasteiger partial charge in [0, 0.05) is 18.1 Å². The number of hydrogen-bond donors (Lipinski definition) is 0. The highest BCUT2D eigenvalue weighted by Crippen LogP contribution is 2.39. The van der Waals surface area contributed by atoms with Gasteiger partial charge in [0.15, 0.2) is 5.43 Å². The van der Waals surface area contributed by atoms with Gasteiger partial charge in [-0.05, 0) is 42.8 Å². The van der Waals surface area contributed by atoms with E-state index in [9.17, 15) is 9.59 Å². The third kappa shape index (κ3) is 3.45. The molecule has 0 radical (unpaired) electrons. The van der Waals surface area contributed by atoms with Crippen LogP contribution in [-0.4, -0.2) is 37.7 Å². The number of carbonyl (C=O) groups excluding carboxylic acids is 1. The summed E-state index contributed by atoms with van der Waals surface area (Å²) in [6.45, 7) is 3.12. The molecule has 0 N–H and O–H groups in total. The normalized spacial score (nSPS) is 15.8. The molecule has 0 saturated carbocycles. The van der Waals surface area contributed by atoms with Crippen LogP contribution in [0.15, 0.2) is 56.1 Å². The topological polar surface area (TPSA) is 69.0 Å². The average Bonchev–Trinajstić information content (AvgIpc) is 3.00. The smallest absolute Gasteiger partial charge is 0.290 e. The Kier molecular flexibility index (Phi) is 5.43. The van der Waals surface area contributed by atoms with Gasteiger partial charge in [0.25, 0.3) is 5.91 Å². The van der Waals surface area contributed by atoms with E-state index in [1.165, 1.54) is 0 Å². The van der Waals surface area contributed by atoms with E-state index in [1.807, 2.05) is 31.2 Å². The summed E-state index contributed by atoms with van der Waals surface area (Å²) in [5.74, 6) is 0.462. The molecular weight excluding hydrogens is 438 g/mol. The minimum atomic E-state index is -0.562. The molecule has 4 rings (SSSR count). The second-order valence-electron chi connectivity index (χ2n) is 6.71. The molecular formula is C22H20BrNO5. The second kappa shape index (κ2) is 8.00. The molecule has 0 bridgehead atoms. The Bertz CT molecular complexity index is 1140. The summed E-state index contributed by atoms with van der Waals surface area (Å²) in [5.41, 5.74) is 1.33. The molecule has 6 nitrogen and oxygen atoms in total. The Labute approximate surface area is 176 Å². The third-order valence-electron chi connectivity index (χ3n) is 4.95. The van der Waals surface area contributed by atoms with Crippen LogP contribution in [0.3, 0.4) is 0 Å². The van der Waals surface area contributed by atoms with E-state index in [4.69, 9.17) is 13.9 Å². The summed E-state index contributed by atoms with van der Waals surface area (Å²) in [4.78, 5) is 28.2. The Morgan fingerprint density at radius 3 is 2.76 bits per heavy atom. The van der Waals surface area contributed by atoms with E-state index in [-0.39, 0.29) is 17.1 Å².